The first-order valence-electron chi connectivity index (χ1n) is 9.29. The second kappa shape index (κ2) is 8.74. The smallest absolute Gasteiger partial charge is 0.408 e. The number of ether oxygens (including phenoxy) is 1. The molecule has 2 aromatic carbocycles. The first-order valence-corrected chi connectivity index (χ1v) is 10.8. The van der Waals surface area contributed by atoms with Gasteiger partial charge in [-0.05, 0) is 71.0 Å². The number of carbonyl (C=O) groups is 2. The van der Waals surface area contributed by atoms with E-state index < -0.39 is 33.2 Å². The molecule has 8 nitrogen and oxygen atoms in total. The molecule has 0 aliphatic rings. The normalized spacial score (nSPS) is 12.0. The Morgan fingerprint density at radius 2 is 1.37 bits per heavy atom. The lowest BCUT2D eigenvalue weighted by molar-refractivity contribution is -0.121. The molecule has 0 saturated heterocycles. The molecule has 0 spiro atoms. The van der Waals surface area contributed by atoms with Crippen molar-refractivity contribution in [3.8, 4) is 0 Å². The van der Waals surface area contributed by atoms with E-state index in [1.807, 2.05) is 0 Å². The van der Waals surface area contributed by atoms with Crippen molar-refractivity contribution < 1.29 is 22.7 Å². The summed E-state index contributed by atoms with van der Waals surface area (Å²) in [4.78, 5) is 24.6. The SMILES string of the molecule is CC(C)(C)OC(=O)NC(C)(C)C(=O)Nc1ccc(NS(=O)(=O)c2ccccc2)cc1. The van der Waals surface area contributed by atoms with Gasteiger partial charge in [0.1, 0.15) is 11.1 Å². The molecule has 0 radical (unpaired) electrons. The monoisotopic (exact) mass is 433 g/mol. The average Bonchev–Trinajstić information content (AvgIpc) is 2.61. The molecule has 9 heteroatoms. The minimum Gasteiger partial charge on any atom is -0.444 e. The minimum atomic E-state index is -3.70. The van der Waals surface area contributed by atoms with Crippen LogP contribution in [0.25, 0.3) is 0 Å². The number of rotatable bonds is 6. The van der Waals surface area contributed by atoms with E-state index in [1.165, 1.54) is 24.3 Å². The fourth-order valence-corrected chi connectivity index (χ4v) is 3.42. The molecule has 0 bridgehead atoms. The van der Waals surface area contributed by atoms with Crippen LogP contribution in [0.1, 0.15) is 34.6 Å². The Balaban J connectivity index is 2.01. The molecular formula is C21H27N3O5S. The van der Waals surface area contributed by atoms with Gasteiger partial charge in [0.25, 0.3) is 10.0 Å². The van der Waals surface area contributed by atoms with Crippen LogP contribution in [0.3, 0.4) is 0 Å². The molecule has 2 rings (SSSR count). The zero-order chi connectivity index (χ0) is 22.6. The molecule has 0 aliphatic carbocycles. The van der Waals surface area contributed by atoms with Crippen molar-refractivity contribution in [3.05, 3.63) is 54.6 Å². The van der Waals surface area contributed by atoms with Crippen molar-refractivity contribution in [1.29, 1.82) is 0 Å². The van der Waals surface area contributed by atoms with Gasteiger partial charge in [-0.3, -0.25) is 9.52 Å². The summed E-state index contributed by atoms with van der Waals surface area (Å²) in [6.07, 6.45) is -0.701. The fraction of sp³-hybridized carbons (Fsp3) is 0.333. The maximum atomic E-state index is 12.5. The lowest BCUT2D eigenvalue weighted by atomic mass is 10.0. The molecule has 0 unspecified atom stereocenters. The van der Waals surface area contributed by atoms with E-state index in [9.17, 15) is 18.0 Å². The van der Waals surface area contributed by atoms with Gasteiger partial charge >= 0.3 is 6.09 Å². The van der Waals surface area contributed by atoms with Crippen molar-refractivity contribution in [1.82, 2.24) is 5.32 Å². The first kappa shape index (κ1) is 23.2. The summed E-state index contributed by atoms with van der Waals surface area (Å²) in [6.45, 7) is 8.29. The number of alkyl carbamates (subject to hydrolysis) is 1. The van der Waals surface area contributed by atoms with Crippen LogP contribution in [-0.4, -0.2) is 31.6 Å². The summed E-state index contributed by atoms with van der Waals surface area (Å²) in [5, 5.41) is 5.21. The van der Waals surface area contributed by atoms with Crippen LogP contribution in [0, 0.1) is 0 Å². The largest absolute Gasteiger partial charge is 0.444 e. The second-order valence-electron chi connectivity index (χ2n) is 8.20. The lowest BCUT2D eigenvalue weighted by Crippen LogP contribution is -2.53. The van der Waals surface area contributed by atoms with Gasteiger partial charge in [0.05, 0.1) is 4.90 Å². The Hall–Kier alpha value is -3.07. The van der Waals surface area contributed by atoms with Gasteiger partial charge < -0.3 is 15.4 Å². The molecule has 0 fully saturated rings. The summed E-state index contributed by atoms with van der Waals surface area (Å²) >= 11 is 0. The van der Waals surface area contributed by atoms with E-state index >= 15 is 0 Å². The van der Waals surface area contributed by atoms with Crippen LogP contribution >= 0.6 is 0 Å². The van der Waals surface area contributed by atoms with Crippen molar-refractivity contribution >= 4 is 33.4 Å². The Morgan fingerprint density at radius 1 is 0.833 bits per heavy atom. The maximum absolute atomic E-state index is 12.5. The van der Waals surface area contributed by atoms with E-state index in [-0.39, 0.29) is 4.90 Å². The lowest BCUT2D eigenvalue weighted by Gasteiger charge is -2.27. The van der Waals surface area contributed by atoms with Gasteiger partial charge in [0.2, 0.25) is 5.91 Å². The molecule has 162 valence electrons. The highest BCUT2D eigenvalue weighted by molar-refractivity contribution is 7.92. The topological polar surface area (TPSA) is 114 Å². The fourth-order valence-electron chi connectivity index (χ4n) is 2.34. The first-order chi connectivity index (χ1) is 13.8. The molecule has 0 aromatic heterocycles. The average molecular weight is 434 g/mol. The molecule has 3 N–H and O–H groups in total. The van der Waals surface area contributed by atoms with Crippen molar-refractivity contribution in [2.45, 2.75) is 50.7 Å². The molecule has 2 amide bonds. The number of hydrogen-bond donors (Lipinski definition) is 3. The number of carbonyl (C=O) groups excluding carboxylic acids is 2. The Labute approximate surface area is 177 Å². The van der Waals surface area contributed by atoms with E-state index in [0.29, 0.717) is 11.4 Å². The Morgan fingerprint density at radius 3 is 1.90 bits per heavy atom. The summed E-state index contributed by atoms with van der Waals surface area (Å²) in [7, 11) is -3.70. The van der Waals surface area contributed by atoms with Crippen LogP contribution in [0.5, 0.6) is 0 Å². The van der Waals surface area contributed by atoms with Gasteiger partial charge in [-0.1, -0.05) is 18.2 Å². The Bertz CT molecular complexity index is 995. The molecule has 0 atom stereocenters. The predicted molar refractivity (Wildman–Crippen MR) is 116 cm³/mol. The molecule has 0 aliphatic heterocycles. The number of nitrogens with one attached hydrogen (secondary N) is 3. The van der Waals surface area contributed by atoms with Gasteiger partial charge in [-0.25, -0.2) is 13.2 Å². The summed E-state index contributed by atoms with van der Waals surface area (Å²) in [6, 6.07) is 14.2. The zero-order valence-corrected chi connectivity index (χ0v) is 18.5. The van der Waals surface area contributed by atoms with Crippen LogP contribution in [0.4, 0.5) is 16.2 Å². The summed E-state index contributed by atoms with van der Waals surface area (Å²) in [5.41, 5.74) is -1.11. The maximum Gasteiger partial charge on any atom is 0.408 e. The second-order valence-corrected chi connectivity index (χ2v) is 9.88. The number of benzene rings is 2. The van der Waals surface area contributed by atoms with Crippen LogP contribution in [-0.2, 0) is 19.6 Å². The van der Waals surface area contributed by atoms with Crippen LogP contribution < -0.4 is 15.4 Å². The van der Waals surface area contributed by atoms with E-state index in [4.69, 9.17) is 4.74 Å². The third-order valence-corrected chi connectivity index (χ3v) is 5.23. The minimum absolute atomic E-state index is 0.150. The van der Waals surface area contributed by atoms with Gasteiger partial charge in [-0.15, -0.1) is 0 Å². The summed E-state index contributed by atoms with van der Waals surface area (Å²) < 4.78 is 32.4. The van der Waals surface area contributed by atoms with E-state index in [0.717, 1.165) is 0 Å². The highest BCUT2D eigenvalue weighted by Gasteiger charge is 2.31. The molecular weight excluding hydrogens is 406 g/mol. The third kappa shape index (κ3) is 6.77. The number of amides is 2. The van der Waals surface area contributed by atoms with Crippen LogP contribution in [0.15, 0.2) is 59.5 Å². The van der Waals surface area contributed by atoms with E-state index in [1.54, 1.807) is 65.0 Å². The summed E-state index contributed by atoms with van der Waals surface area (Å²) in [5.74, 6) is -0.453. The van der Waals surface area contributed by atoms with Gasteiger partial charge in [0, 0.05) is 11.4 Å². The van der Waals surface area contributed by atoms with Gasteiger partial charge in [-0.2, -0.15) is 0 Å². The highest BCUT2D eigenvalue weighted by Crippen LogP contribution is 2.19. The van der Waals surface area contributed by atoms with Crippen molar-refractivity contribution in [3.63, 3.8) is 0 Å². The molecule has 30 heavy (non-hydrogen) atoms. The number of sulfonamides is 1. The number of hydrogen-bond acceptors (Lipinski definition) is 5. The quantitative estimate of drug-likeness (QED) is 0.642. The predicted octanol–water partition coefficient (Wildman–Crippen LogP) is 3.73. The zero-order valence-electron chi connectivity index (χ0n) is 17.6. The molecule has 0 saturated carbocycles. The van der Waals surface area contributed by atoms with E-state index in [2.05, 4.69) is 15.4 Å². The van der Waals surface area contributed by atoms with Gasteiger partial charge in [0.15, 0.2) is 0 Å². The standard InChI is InChI=1S/C21H27N3O5S/c1-20(2,3)29-19(26)23-21(4,5)18(25)22-15-11-13-16(14-12-15)24-30(27,28)17-9-7-6-8-10-17/h6-14,24H,1-5H3,(H,22,25)(H,23,26). The van der Waals surface area contributed by atoms with Crippen molar-refractivity contribution in [2.24, 2.45) is 0 Å². The number of anilines is 2. The highest BCUT2D eigenvalue weighted by atomic mass is 32.2. The molecule has 0 heterocycles. The third-order valence-electron chi connectivity index (χ3n) is 3.83. The molecule has 2 aromatic rings. The van der Waals surface area contributed by atoms with Crippen molar-refractivity contribution in [2.75, 3.05) is 10.0 Å². The Kier molecular flexibility index (Phi) is 6.77. The van der Waals surface area contributed by atoms with Crippen LogP contribution in [0.2, 0.25) is 0 Å².